The molecule has 3 aromatic rings. The van der Waals surface area contributed by atoms with Crippen molar-refractivity contribution in [1.29, 1.82) is 0 Å². The maximum Gasteiger partial charge on any atom is 0.335 e. The van der Waals surface area contributed by atoms with Crippen molar-refractivity contribution in [3.05, 3.63) is 24.2 Å². The van der Waals surface area contributed by atoms with Crippen molar-refractivity contribution in [2.24, 2.45) is 11.8 Å². The van der Waals surface area contributed by atoms with Crippen LogP contribution in [0.25, 0.3) is 20.8 Å². The van der Waals surface area contributed by atoms with E-state index in [0.717, 1.165) is 33.0 Å². The lowest BCUT2D eigenvalue weighted by Crippen LogP contribution is -2.66. The van der Waals surface area contributed by atoms with E-state index in [9.17, 15) is 5.11 Å². The maximum absolute atomic E-state index is 12.5. The topological polar surface area (TPSA) is 124 Å². The van der Waals surface area contributed by atoms with E-state index in [-0.39, 0.29) is 34.1 Å². The highest BCUT2D eigenvalue weighted by molar-refractivity contribution is 7.21. The summed E-state index contributed by atoms with van der Waals surface area (Å²) in [5, 5.41) is 20.6. The third-order valence-corrected chi connectivity index (χ3v) is 22.0. The summed E-state index contributed by atoms with van der Waals surface area (Å²) in [6.07, 6.45) is 6.29. The van der Waals surface area contributed by atoms with Crippen LogP contribution in [0.2, 0.25) is 22.2 Å². The van der Waals surface area contributed by atoms with Crippen LogP contribution in [0, 0.1) is 18.8 Å². The van der Waals surface area contributed by atoms with E-state index < -0.39 is 28.8 Å². The van der Waals surface area contributed by atoms with E-state index in [4.69, 9.17) is 27.9 Å². The molecule has 3 aromatic heterocycles. The summed E-state index contributed by atoms with van der Waals surface area (Å²) in [7, 11) is -5.58. The van der Waals surface area contributed by atoms with Gasteiger partial charge in [0.15, 0.2) is 0 Å². The van der Waals surface area contributed by atoms with Gasteiger partial charge in [0.25, 0.3) is 0 Å². The number of hydrogen-bond acceptors (Lipinski definition) is 11. The van der Waals surface area contributed by atoms with Crippen LogP contribution in [-0.4, -0.2) is 73.1 Å². The molecule has 0 spiro atoms. The second kappa shape index (κ2) is 13.0. The first-order chi connectivity index (χ1) is 22.2. The first-order valence-corrected chi connectivity index (χ1v) is 22.3. The molecule has 0 aromatic carbocycles. The third kappa shape index (κ3) is 6.41. The number of rotatable bonds is 10. The molecule has 4 unspecified atom stereocenters. The number of nitrogens with one attached hydrogen (secondary N) is 2. The summed E-state index contributed by atoms with van der Waals surface area (Å²) >= 11 is 1.60. The van der Waals surface area contributed by atoms with E-state index in [1.807, 2.05) is 19.9 Å². The first kappa shape index (κ1) is 34.8. The molecule has 3 fully saturated rings. The quantitative estimate of drug-likeness (QED) is 0.181. The number of pyridine rings is 1. The van der Waals surface area contributed by atoms with Crippen molar-refractivity contribution in [1.82, 2.24) is 19.9 Å². The average molecular weight is 699 g/mol. The molecule has 10 nitrogen and oxygen atoms in total. The molecule has 3 N–H and O–H groups in total. The predicted molar refractivity (Wildman–Crippen MR) is 194 cm³/mol. The van der Waals surface area contributed by atoms with Gasteiger partial charge >= 0.3 is 17.1 Å². The Morgan fingerprint density at radius 3 is 2.30 bits per heavy atom. The van der Waals surface area contributed by atoms with Crippen LogP contribution < -0.4 is 10.6 Å². The van der Waals surface area contributed by atoms with Gasteiger partial charge in [-0.05, 0) is 67.3 Å². The molecule has 258 valence electrons. The van der Waals surface area contributed by atoms with Crippen molar-refractivity contribution in [3.8, 4) is 10.6 Å². The van der Waals surface area contributed by atoms with Crippen LogP contribution in [-0.2, 0) is 13.0 Å². The molecular formula is C34H54N6O4SSi2. The molecule has 2 saturated carbocycles. The van der Waals surface area contributed by atoms with Crippen LogP contribution in [0.5, 0.6) is 0 Å². The highest BCUT2D eigenvalue weighted by Gasteiger charge is 2.63. The van der Waals surface area contributed by atoms with Crippen LogP contribution in [0.15, 0.2) is 18.5 Å². The van der Waals surface area contributed by atoms with Gasteiger partial charge in [0.2, 0.25) is 5.95 Å². The van der Waals surface area contributed by atoms with Crippen molar-refractivity contribution in [3.63, 3.8) is 0 Å². The molecule has 6 rings (SSSR count). The molecule has 0 bridgehead atoms. The lowest BCUT2D eigenvalue weighted by molar-refractivity contribution is -0.0746. The van der Waals surface area contributed by atoms with Gasteiger partial charge in [-0.25, -0.2) is 9.97 Å². The Hall–Kier alpha value is -2.01. The van der Waals surface area contributed by atoms with Crippen LogP contribution >= 0.6 is 11.3 Å². The van der Waals surface area contributed by atoms with Crippen LogP contribution in [0.3, 0.4) is 0 Å². The molecular weight excluding hydrogens is 645 g/mol. The number of hydrogen-bond donors (Lipinski definition) is 3. The highest BCUT2D eigenvalue weighted by Crippen LogP contribution is 2.51. The summed E-state index contributed by atoms with van der Waals surface area (Å²) in [5.41, 5.74) is 2.20. The van der Waals surface area contributed by atoms with Crippen molar-refractivity contribution in [2.45, 2.75) is 128 Å². The monoisotopic (exact) mass is 698 g/mol. The maximum atomic E-state index is 12.5. The Balaban J connectivity index is 1.39. The van der Waals surface area contributed by atoms with E-state index in [2.05, 4.69) is 71.0 Å². The Morgan fingerprint density at radius 2 is 1.68 bits per heavy atom. The summed E-state index contributed by atoms with van der Waals surface area (Å²) in [6.45, 7) is 23.1. The fourth-order valence-electron chi connectivity index (χ4n) is 7.69. The fraction of sp³-hybridized carbons (Fsp3) is 0.706. The zero-order chi connectivity index (χ0) is 33.9. The van der Waals surface area contributed by atoms with E-state index in [1.165, 1.54) is 12.8 Å². The molecule has 0 radical (unpaired) electrons. The van der Waals surface area contributed by atoms with E-state index >= 15 is 0 Å². The number of nitrogens with zero attached hydrogens (tertiary/aromatic N) is 4. The Labute approximate surface area is 286 Å². The minimum absolute atomic E-state index is 0.00692. The first-order valence-electron chi connectivity index (χ1n) is 17.5. The lowest BCUT2D eigenvalue weighted by Gasteiger charge is -2.52. The molecule has 4 atom stereocenters. The van der Waals surface area contributed by atoms with Crippen molar-refractivity contribution < 1.29 is 18.1 Å². The van der Waals surface area contributed by atoms with Gasteiger partial charge in [0, 0.05) is 25.3 Å². The normalized spacial score (nSPS) is 27.4. The largest absolute Gasteiger partial charge is 0.414 e. The number of aryl methyl sites for hydroxylation is 1. The average Bonchev–Trinajstić information content (AvgIpc) is 3.67. The van der Waals surface area contributed by atoms with Gasteiger partial charge in [-0.1, -0.05) is 55.4 Å². The smallest absolute Gasteiger partial charge is 0.335 e. The number of aliphatic hydroxyl groups is 1. The molecule has 1 aliphatic heterocycles. The number of fused-ring (bicyclic) bond motifs is 2. The second-order valence-electron chi connectivity index (χ2n) is 15.5. The zero-order valence-corrected chi connectivity index (χ0v) is 32.6. The van der Waals surface area contributed by atoms with Gasteiger partial charge in [0.1, 0.15) is 21.9 Å². The number of anilines is 2. The molecule has 1 saturated heterocycles. The third-order valence-electron chi connectivity index (χ3n) is 10.7. The fourth-order valence-corrected chi connectivity index (χ4v) is 20.1. The Kier molecular flexibility index (Phi) is 9.66. The molecule has 13 heteroatoms. The van der Waals surface area contributed by atoms with Crippen molar-refractivity contribution in [2.75, 3.05) is 23.8 Å². The molecule has 47 heavy (non-hydrogen) atoms. The van der Waals surface area contributed by atoms with Gasteiger partial charge in [0.05, 0.1) is 34.3 Å². The van der Waals surface area contributed by atoms with E-state index in [0.29, 0.717) is 30.7 Å². The Bertz CT molecular complexity index is 1530. The minimum atomic E-state index is -2.89. The molecule has 4 heterocycles. The Morgan fingerprint density at radius 1 is 1.00 bits per heavy atom. The van der Waals surface area contributed by atoms with Gasteiger partial charge in [-0.15, -0.1) is 11.3 Å². The van der Waals surface area contributed by atoms with Crippen LogP contribution in [0.4, 0.5) is 11.8 Å². The summed E-state index contributed by atoms with van der Waals surface area (Å²) in [4.78, 5) is 19.1. The van der Waals surface area contributed by atoms with Gasteiger partial charge < -0.3 is 28.7 Å². The van der Waals surface area contributed by atoms with Gasteiger partial charge in [-0.3, -0.25) is 4.98 Å². The molecule has 0 amide bonds. The number of aromatic nitrogens is 4. The van der Waals surface area contributed by atoms with Crippen LogP contribution in [0.1, 0.15) is 87.3 Å². The summed E-state index contributed by atoms with van der Waals surface area (Å²) in [6, 6.07) is 1.64. The summed E-state index contributed by atoms with van der Waals surface area (Å²) < 4.78 is 22.9. The summed E-state index contributed by atoms with van der Waals surface area (Å²) in [5.74, 6) is 1.93. The van der Waals surface area contributed by atoms with Crippen molar-refractivity contribution >= 4 is 50.4 Å². The molecule has 3 aliphatic rings. The predicted octanol–water partition coefficient (Wildman–Crippen LogP) is 7.79. The van der Waals surface area contributed by atoms with Gasteiger partial charge in [-0.2, -0.15) is 4.98 Å². The zero-order valence-electron chi connectivity index (χ0n) is 29.8. The minimum Gasteiger partial charge on any atom is -0.414 e. The number of thiazole rings is 1. The lowest BCUT2D eigenvalue weighted by atomic mass is 9.96. The SMILES string of the molecule is Cc1nc(NCC2CC2)nc(NC2CC3CO[Si](C(C)C)(C(C)C)O[Si](C(C)C)(C(C)C)OC3C2(C)O)c1-c1nc2cnccc2s1. The standard InChI is InChI=1S/C34H54N6O4SSi2/c1-19(2)46(20(3)4)42-18-25-15-28(34(10,41)30(25)43-47(44-46,21(5)6)22(7)8)39-31-29(32-38-26-17-35-14-13-27(26)45-32)23(9)37-33(40-31)36-16-24-11-12-24/h13-14,17,19-22,24-25,28,30,41H,11-12,15-16,18H2,1-10H3,(H2,36,37,39,40). The second-order valence-corrected chi connectivity index (χ2v) is 25.4. The highest BCUT2D eigenvalue weighted by atomic mass is 32.1. The van der Waals surface area contributed by atoms with E-state index in [1.54, 1.807) is 23.7 Å². The molecule has 2 aliphatic carbocycles.